The first kappa shape index (κ1) is 15.7. The maximum absolute atomic E-state index is 3.58. The highest BCUT2D eigenvalue weighted by Gasteiger charge is 2.20. The number of H-pyrrole nitrogens is 1. The fourth-order valence-corrected chi connectivity index (χ4v) is 3.60. The van der Waals surface area contributed by atoms with Crippen molar-refractivity contribution in [2.24, 2.45) is 0 Å². The van der Waals surface area contributed by atoms with Crippen LogP contribution in [0, 0.1) is 0 Å². The number of rotatable bonds is 2. The number of aromatic amines is 1. The zero-order chi connectivity index (χ0) is 15.9. The molecule has 0 amide bonds. The number of hydrogen-bond acceptors (Lipinski definition) is 0. The van der Waals surface area contributed by atoms with E-state index in [0.29, 0.717) is 0 Å². The van der Waals surface area contributed by atoms with Gasteiger partial charge in [0.2, 0.25) is 11.0 Å². The first-order valence-electron chi connectivity index (χ1n) is 8.26. The number of benzene rings is 3. The highest BCUT2D eigenvalue weighted by molar-refractivity contribution is 6.05. The van der Waals surface area contributed by atoms with Crippen LogP contribution in [-0.2, 0) is 6.54 Å². The fourth-order valence-electron chi connectivity index (χ4n) is 3.60. The smallest absolute Gasteiger partial charge is 0.239 e. The van der Waals surface area contributed by atoms with E-state index in [2.05, 4.69) is 94.5 Å². The summed E-state index contributed by atoms with van der Waals surface area (Å²) < 4.78 is 2.43. The van der Waals surface area contributed by atoms with E-state index < -0.39 is 0 Å². The molecule has 5 rings (SSSR count). The van der Waals surface area contributed by atoms with Crippen molar-refractivity contribution in [2.75, 3.05) is 0 Å². The molecule has 0 radical (unpaired) electrons. The van der Waals surface area contributed by atoms with Gasteiger partial charge in [0, 0.05) is 17.0 Å². The zero-order valence-electron chi connectivity index (χ0n) is 13.6. The fraction of sp³-hybridized carbons (Fsp3) is 0.0455. The minimum atomic E-state index is 0. The van der Waals surface area contributed by atoms with E-state index in [4.69, 9.17) is 0 Å². The number of nitrogens with zero attached hydrogens (tertiary/aromatic N) is 1. The van der Waals surface area contributed by atoms with Crippen LogP contribution >= 0.6 is 12.4 Å². The van der Waals surface area contributed by atoms with Crippen molar-refractivity contribution in [3.05, 3.63) is 90.5 Å². The first-order valence-corrected chi connectivity index (χ1v) is 8.26. The second-order valence-corrected chi connectivity index (χ2v) is 6.21. The van der Waals surface area contributed by atoms with Gasteiger partial charge in [-0.2, -0.15) is 4.57 Å². The standard InChI is InChI=1S/C22H16N2.ClH/c1-2-8-16(9-3-1)15-24-21-13-7-4-10-17(21)14-20-22(24)18-11-5-6-12-19(18)23-20;/h1-14H,15H2;1H/p+1. The maximum atomic E-state index is 3.58. The van der Waals surface area contributed by atoms with E-state index in [-0.39, 0.29) is 12.4 Å². The molecule has 0 saturated carbocycles. The second kappa shape index (κ2) is 6.23. The van der Waals surface area contributed by atoms with Crippen LogP contribution in [0.2, 0.25) is 0 Å². The average molecular weight is 346 g/mol. The van der Waals surface area contributed by atoms with E-state index in [0.717, 1.165) is 6.54 Å². The molecule has 0 aliphatic carbocycles. The molecule has 0 aliphatic rings. The van der Waals surface area contributed by atoms with E-state index in [1.165, 1.54) is 38.4 Å². The third-order valence-electron chi connectivity index (χ3n) is 4.69. The highest BCUT2D eigenvalue weighted by atomic mass is 35.5. The van der Waals surface area contributed by atoms with Crippen LogP contribution in [0.1, 0.15) is 5.56 Å². The summed E-state index contributed by atoms with van der Waals surface area (Å²) in [5, 5.41) is 2.53. The summed E-state index contributed by atoms with van der Waals surface area (Å²) >= 11 is 0. The predicted octanol–water partition coefficient (Wildman–Crippen LogP) is 5.23. The van der Waals surface area contributed by atoms with Gasteiger partial charge in [0.15, 0.2) is 6.54 Å². The van der Waals surface area contributed by atoms with Crippen LogP contribution < -0.4 is 4.57 Å². The largest absolute Gasteiger partial charge is 0.349 e. The molecule has 3 heteroatoms. The molecular formula is C22H18ClN2+. The summed E-state index contributed by atoms with van der Waals surface area (Å²) in [6, 6.07) is 30.1. The van der Waals surface area contributed by atoms with Crippen LogP contribution in [0.5, 0.6) is 0 Å². The summed E-state index contributed by atoms with van der Waals surface area (Å²) in [5.74, 6) is 0. The number of pyridine rings is 1. The quantitative estimate of drug-likeness (QED) is 0.422. The molecule has 122 valence electrons. The van der Waals surface area contributed by atoms with E-state index in [1.807, 2.05) is 0 Å². The lowest BCUT2D eigenvalue weighted by atomic mass is 10.1. The Morgan fingerprint density at radius 2 is 1.44 bits per heavy atom. The number of fused-ring (bicyclic) bond motifs is 4. The van der Waals surface area contributed by atoms with Crippen molar-refractivity contribution < 1.29 is 4.57 Å². The van der Waals surface area contributed by atoms with Gasteiger partial charge >= 0.3 is 0 Å². The van der Waals surface area contributed by atoms with Crippen LogP contribution in [0.4, 0.5) is 0 Å². The number of hydrogen-bond donors (Lipinski definition) is 1. The highest BCUT2D eigenvalue weighted by Crippen LogP contribution is 2.26. The Balaban J connectivity index is 0.00000157. The molecule has 0 fully saturated rings. The van der Waals surface area contributed by atoms with E-state index >= 15 is 0 Å². The molecule has 2 nitrogen and oxygen atoms in total. The molecular weight excluding hydrogens is 328 g/mol. The van der Waals surface area contributed by atoms with Crippen molar-refractivity contribution in [1.29, 1.82) is 0 Å². The Hall–Kier alpha value is -2.84. The van der Waals surface area contributed by atoms with Gasteiger partial charge in [-0.15, -0.1) is 12.4 Å². The Bertz CT molecular complexity index is 1180. The minimum absolute atomic E-state index is 0. The lowest BCUT2D eigenvalue weighted by molar-refractivity contribution is -0.635. The van der Waals surface area contributed by atoms with Crippen molar-refractivity contribution in [1.82, 2.24) is 4.98 Å². The van der Waals surface area contributed by atoms with Gasteiger partial charge in [-0.3, -0.25) is 0 Å². The predicted molar refractivity (Wildman–Crippen MR) is 106 cm³/mol. The minimum Gasteiger partial charge on any atom is -0.349 e. The number of aromatic nitrogens is 2. The topological polar surface area (TPSA) is 19.7 Å². The van der Waals surface area contributed by atoms with Crippen LogP contribution in [0.3, 0.4) is 0 Å². The van der Waals surface area contributed by atoms with Crippen LogP contribution in [-0.4, -0.2) is 4.98 Å². The third kappa shape index (κ3) is 2.55. The third-order valence-corrected chi connectivity index (χ3v) is 4.69. The molecule has 0 aliphatic heterocycles. The Kier molecular flexibility index (Phi) is 3.90. The van der Waals surface area contributed by atoms with Crippen molar-refractivity contribution >= 4 is 45.2 Å². The summed E-state index contributed by atoms with van der Waals surface area (Å²) in [6.07, 6.45) is 0. The van der Waals surface area contributed by atoms with Crippen molar-refractivity contribution in [2.45, 2.75) is 6.54 Å². The molecule has 0 spiro atoms. The lowest BCUT2D eigenvalue weighted by Crippen LogP contribution is -2.36. The van der Waals surface area contributed by atoms with E-state index in [9.17, 15) is 0 Å². The molecule has 2 aromatic heterocycles. The summed E-state index contributed by atoms with van der Waals surface area (Å²) in [4.78, 5) is 3.58. The van der Waals surface area contributed by atoms with Crippen LogP contribution in [0.25, 0.3) is 32.8 Å². The van der Waals surface area contributed by atoms with E-state index in [1.54, 1.807) is 0 Å². The van der Waals surface area contributed by atoms with Crippen molar-refractivity contribution in [3.8, 4) is 0 Å². The second-order valence-electron chi connectivity index (χ2n) is 6.21. The number of halogens is 1. The summed E-state index contributed by atoms with van der Waals surface area (Å²) in [7, 11) is 0. The zero-order valence-corrected chi connectivity index (χ0v) is 14.5. The molecule has 0 bridgehead atoms. The van der Waals surface area contributed by atoms with Gasteiger partial charge < -0.3 is 4.98 Å². The molecule has 0 atom stereocenters. The van der Waals surface area contributed by atoms with Gasteiger partial charge in [0.1, 0.15) is 5.52 Å². The molecule has 2 heterocycles. The monoisotopic (exact) mass is 345 g/mol. The molecule has 1 N–H and O–H groups in total. The molecule has 0 unspecified atom stereocenters. The van der Waals surface area contributed by atoms with Gasteiger partial charge in [-0.1, -0.05) is 54.6 Å². The molecule has 3 aromatic carbocycles. The summed E-state index contributed by atoms with van der Waals surface area (Å²) in [6.45, 7) is 0.862. The Morgan fingerprint density at radius 3 is 2.32 bits per heavy atom. The SMILES string of the molecule is Cl.c1ccc(C[n+]2c3ccccc3cc3[nH]c4ccccc4c32)cc1. The number of nitrogens with one attached hydrogen (secondary N) is 1. The Morgan fingerprint density at radius 1 is 0.720 bits per heavy atom. The first-order chi connectivity index (χ1) is 11.9. The lowest BCUT2D eigenvalue weighted by Gasteiger charge is -2.04. The van der Waals surface area contributed by atoms with Gasteiger partial charge in [0.05, 0.1) is 10.9 Å². The van der Waals surface area contributed by atoms with Gasteiger partial charge in [-0.05, 0) is 24.3 Å². The average Bonchev–Trinajstić information content (AvgIpc) is 3.00. The van der Waals surface area contributed by atoms with Crippen molar-refractivity contribution in [3.63, 3.8) is 0 Å². The maximum Gasteiger partial charge on any atom is 0.239 e. The van der Waals surface area contributed by atoms with Gasteiger partial charge in [-0.25, -0.2) is 0 Å². The molecule has 25 heavy (non-hydrogen) atoms. The Labute approximate surface area is 152 Å². The van der Waals surface area contributed by atoms with Gasteiger partial charge in [0.25, 0.3) is 0 Å². The molecule has 0 saturated heterocycles. The summed E-state index contributed by atoms with van der Waals surface area (Å²) in [5.41, 5.74) is 6.22. The normalized spacial score (nSPS) is 11.0. The molecule has 5 aromatic rings. The number of para-hydroxylation sites is 2. The van der Waals surface area contributed by atoms with Crippen LogP contribution in [0.15, 0.2) is 84.9 Å².